The van der Waals surface area contributed by atoms with Gasteiger partial charge in [-0.2, -0.15) is 26.3 Å². The highest BCUT2D eigenvalue weighted by molar-refractivity contribution is 8.06. The standard InChI is InChI=1S/C33H43F6NOS/c1-7-11-30(42-18-8-2)28(29(41)17-14-22(4)5)16-15-24(9-3)13-10-12-23(6)31(40)25-19-26(32(34,35)36)21-27(20-25)33(37,38)39/h8,10-11,13,16,18-24,40H,7,9,12,14-15,17H2,1-6H3/b13-10+,18-8-,28-16-,30-11+,40-31?. The largest absolute Gasteiger partial charge is 0.416 e. The number of halogens is 6. The number of nitrogens with one attached hydrogen (secondary N) is 1. The minimum atomic E-state index is -4.96. The molecule has 0 spiro atoms. The molecule has 1 rings (SSSR count). The molecule has 234 valence electrons. The lowest BCUT2D eigenvalue weighted by atomic mass is 9.91. The number of ketones is 1. The number of benzene rings is 1. The number of thioether (sulfide) groups is 1. The molecule has 0 amide bonds. The van der Waals surface area contributed by atoms with Crippen molar-refractivity contribution in [3.8, 4) is 0 Å². The van der Waals surface area contributed by atoms with E-state index in [4.69, 9.17) is 5.41 Å². The molecule has 0 aliphatic heterocycles. The Labute approximate surface area is 250 Å². The zero-order valence-corrected chi connectivity index (χ0v) is 26.1. The van der Waals surface area contributed by atoms with Gasteiger partial charge in [-0.3, -0.25) is 4.79 Å². The monoisotopic (exact) mass is 615 g/mol. The van der Waals surface area contributed by atoms with Crippen LogP contribution in [0.1, 0.15) is 96.8 Å². The van der Waals surface area contributed by atoms with Crippen molar-refractivity contribution < 1.29 is 31.1 Å². The molecular formula is C33H43F6NOS. The van der Waals surface area contributed by atoms with Crippen LogP contribution in [0.25, 0.3) is 0 Å². The van der Waals surface area contributed by atoms with Crippen molar-refractivity contribution in [2.45, 2.75) is 92.4 Å². The van der Waals surface area contributed by atoms with Crippen LogP contribution in [-0.4, -0.2) is 11.5 Å². The van der Waals surface area contributed by atoms with Gasteiger partial charge in [0.15, 0.2) is 5.78 Å². The fourth-order valence-electron chi connectivity index (χ4n) is 4.09. The Kier molecular flexibility index (Phi) is 15.6. The molecule has 0 radical (unpaired) electrons. The predicted octanol–water partition coefficient (Wildman–Crippen LogP) is 11.6. The Hall–Kier alpha value is -2.55. The van der Waals surface area contributed by atoms with Gasteiger partial charge in [-0.25, -0.2) is 0 Å². The number of rotatable bonds is 16. The number of hydrogen-bond acceptors (Lipinski definition) is 3. The zero-order chi connectivity index (χ0) is 32.1. The van der Waals surface area contributed by atoms with Crippen LogP contribution in [0.2, 0.25) is 0 Å². The molecule has 1 aromatic carbocycles. The first kappa shape index (κ1) is 37.5. The number of hydrogen-bond donors (Lipinski definition) is 1. The summed E-state index contributed by atoms with van der Waals surface area (Å²) in [5.74, 6) is -0.0386. The van der Waals surface area contributed by atoms with Gasteiger partial charge in [0.1, 0.15) is 0 Å². The van der Waals surface area contributed by atoms with Crippen molar-refractivity contribution >= 4 is 23.3 Å². The molecule has 1 N–H and O–H groups in total. The predicted molar refractivity (Wildman–Crippen MR) is 163 cm³/mol. The third-order valence-electron chi connectivity index (χ3n) is 6.67. The highest BCUT2D eigenvalue weighted by Gasteiger charge is 2.37. The van der Waals surface area contributed by atoms with Gasteiger partial charge in [0.25, 0.3) is 0 Å². The van der Waals surface area contributed by atoms with E-state index < -0.39 is 35.0 Å². The normalized spacial score (nSPS) is 15.2. The van der Waals surface area contributed by atoms with Crippen molar-refractivity contribution in [3.05, 3.63) is 81.2 Å². The van der Waals surface area contributed by atoms with Gasteiger partial charge >= 0.3 is 12.4 Å². The van der Waals surface area contributed by atoms with Crippen LogP contribution in [0.15, 0.2) is 64.5 Å². The zero-order valence-electron chi connectivity index (χ0n) is 25.3. The smallest absolute Gasteiger partial charge is 0.304 e. The second kappa shape index (κ2) is 17.5. The summed E-state index contributed by atoms with van der Waals surface area (Å²) in [6.07, 6.45) is 3.46. The lowest BCUT2D eigenvalue weighted by Gasteiger charge is -2.17. The lowest BCUT2D eigenvalue weighted by Crippen LogP contribution is -2.16. The molecule has 0 fully saturated rings. The van der Waals surface area contributed by atoms with E-state index in [-0.39, 0.29) is 29.9 Å². The third-order valence-corrected chi connectivity index (χ3v) is 7.72. The molecule has 2 nitrogen and oxygen atoms in total. The Bertz CT molecular complexity index is 1130. The maximum atomic E-state index is 13.3. The summed E-state index contributed by atoms with van der Waals surface area (Å²) in [6.45, 7) is 11.7. The molecule has 0 heterocycles. The SMILES string of the molecule is C/C=C\SC(=C/CC)/C(=C\CC(/C=C/CC(C)C(=N)c1cc(C(F)(F)F)cc(C(F)(F)F)c1)CC)C(=O)CCC(C)C. The molecule has 0 aliphatic rings. The number of carbonyl (C=O) groups is 1. The highest BCUT2D eigenvalue weighted by atomic mass is 32.2. The van der Waals surface area contributed by atoms with Crippen LogP contribution >= 0.6 is 11.8 Å². The van der Waals surface area contributed by atoms with E-state index in [0.29, 0.717) is 36.5 Å². The van der Waals surface area contributed by atoms with Gasteiger partial charge < -0.3 is 5.41 Å². The molecule has 0 bridgehead atoms. The Balaban J connectivity index is 3.14. The van der Waals surface area contributed by atoms with Crippen molar-refractivity contribution in [1.82, 2.24) is 0 Å². The van der Waals surface area contributed by atoms with E-state index in [0.717, 1.165) is 24.2 Å². The second-order valence-electron chi connectivity index (χ2n) is 10.7. The van der Waals surface area contributed by atoms with Gasteiger partial charge in [0.05, 0.1) is 11.1 Å². The molecule has 9 heteroatoms. The van der Waals surface area contributed by atoms with E-state index in [9.17, 15) is 31.1 Å². The fraction of sp³-hybridized carbons (Fsp3) is 0.515. The average Bonchev–Trinajstić information content (AvgIpc) is 2.91. The first-order chi connectivity index (χ1) is 19.5. The maximum Gasteiger partial charge on any atom is 0.416 e. The number of Topliss-reactive ketones (excluding diaryl/α,β-unsaturated/α-hetero) is 1. The number of allylic oxidation sites excluding steroid dienone is 6. The minimum absolute atomic E-state index is 0.0688. The highest BCUT2D eigenvalue weighted by Crippen LogP contribution is 2.37. The van der Waals surface area contributed by atoms with Crippen LogP contribution in [0.4, 0.5) is 26.3 Å². The summed E-state index contributed by atoms with van der Waals surface area (Å²) in [6, 6.07) is 1.27. The summed E-state index contributed by atoms with van der Waals surface area (Å²) in [5.41, 5.74) is -2.85. The first-order valence-corrected chi connectivity index (χ1v) is 15.2. The van der Waals surface area contributed by atoms with Crippen molar-refractivity contribution in [3.63, 3.8) is 0 Å². The van der Waals surface area contributed by atoms with Crippen LogP contribution in [0.3, 0.4) is 0 Å². The molecule has 2 atom stereocenters. The van der Waals surface area contributed by atoms with E-state index in [1.807, 2.05) is 56.6 Å². The summed E-state index contributed by atoms with van der Waals surface area (Å²) < 4.78 is 79.6. The molecule has 1 aromatic rings. The molecule has 0 saturated carbocycles. The number of alkyl halides is 6. The molecule has 0 aromatic heterocycles. The van der Waals surface area contributed by atoms with Crippen LogP contribution < -0.4 is 0 Å². The fourth-order valence-corrected chi connectivity index (χ4v) is 4.96. The van der Waals surface area contributed by atoms with Gasteiger partial charge in [0, 0.05) is 28.5 Å². The lowest BCUT2D eigenvalue weighted by molar-refractivity contribution is -0.143. The second-order valence-corrected chi connectivity index (χ2v) is 11.7. The van der Waals surface area contributed by atoms with Crippen molar-refractivity contribution in [1.29, 1.82) is 5.41 Å². The molecule has 42 heavy (non-hydrogen) atoms. The van der Waals surface area contributed by atoms with E-state index in [1.165, 1.54) is 11.8 Å². The topological polar surface area (TPSA) is 40.9 Å². The van der Waals surface area contributed by atoms with Crippen LogP contribution in [0, 0.1) is 23.2 Å². The van der Waals surface area contributed by atoms with Gasteiger partial charge in [-0.1, -0.05) is 76.8 Å². The third kappa shape index (κ3) is 12.8. The summed E-state index contributed by atoms with van der Waals surface area (Å²) >= 11 is 1.51. The first-order valence-electron chi connectivity index (χ1n) is 14.3. The van der Waals surface area contributed by atoms with Gasteiger partial charge in [-0.15, -0.1) is 0 Å². The van der Waals surface area contributed by atoms with Crippen molar-refractivity contribution in [2.24, 2.45) is 17.8 Å². The van der Waals surface area contributed by atoms with Crippen molar-refractivity contribution in [2.75, 3.05) is 0 Å². The Morgan fingerprint density at radius 2 is 1.55 bits per heavy atom. The summed E-state index contributed by atoms with van der Waals surface area (Å²) in [4.78, 5) is 14.1. The maximum absolute atomic E-state index is 13.3. The minimum Gasteiger partial charge on any atom is -0.304 e. The molecular weight excluding hydrogens is 572 g/mol. The van der Waals surface area contributed by atoms with Crippen LogP contribution in [0.5, 0.6) is 0 Å². The molecule has 0 saturated heterocycles. The number of carbonyl (C=O) groups excluding carboxylic acids is 1. The average molecular weight is 616 g/mol. The van der Waals surface area contributed by atoms with Gasteiger partial charge in [0.2, 0.25) is 0 Å². The summed E-state index contributed by atoms with van der Waals surface area (Å²) in [7, 11) is 0. The van der Waals surface area contributed by atoms with E-state index in [1.54, 1.807) is 6.92 Å². The van der Waals surface area contributed by atoms with E-state index in [2.05, 4.69) is 13.8 Å². The summed E-state index contributed by atoms with van der Waals surface area (Å²) in [5, 5.41) is 10.3. The Morgan fingerprint density at radius 1 is 0.952 bits per heavy atom. The van der Waals surface area contributed by atoms with Gasteiger partial charge in [-0.05, 0) is 80.0 Å². The van der Waals surface area contributed by atoms with E-state index >= 15 is 0 Å². The quantitative estimate of drug-likeness (QED) is 0.0661. The Morgan fingerprint density at radius 3 is 2.02 bits per heavy atom. The van der Waals surface area contributed by atoms with Crippen LogP contribution in [-0.2, 0) is 17.1 Å². The molecule has 2 unspecified atom stereocenters. The molecule has 0 aliphatic carbocycles.